The topological polar surface area (TPSA) is 65.2 Å². The first kappa shape index (κ1) is 17.2. The van der Waals surface area contributed by atoms with Gasteiger partial charge in [0.2, 0.25) is 0 Å². The van der Waals surface area contributed by atoms with E-state index < -0.39 is 0 Å². The van der Waals surface area contributed by atoms with Crippen LogP contribution in [0.1, 0.15) is 30.0 Å². The van der Waals surface area contributed by atoms with Crippen LogP contribution in [0.5, 0.6) is 0 Å². The molecule has 0 aliphatic carbocycles. The van der Waals surface area contributed by atoms with E-state index in [1.807, 2.05) is 20.8 Å². The van der Waals surface area contributed by atoms with Crippen LogP contribution in [-0.4, -0.2) is 24.1 Å². The maximum Gasteiger partial charge on any atom is 0.257 e. The minimum absolute atomic E-state index is 0.171. The van der Waals surface area contributed by atoms with E-state index in [1.54, 1.807) is 0 Å². The maximum absolute atomic E-state index is 11.8. The van der Waals surface area contributed by atoms with Gasteiger partial charge in [-0.1, -0.05) is 24.6 Å². The van der Waals surface area contributed by atoms with Gasteiger partial charge in [0.15, 0.2) is 5.11 Å². The van der Waals surface area contributed by atoms with Crippen molar-refractivity contribution in [3.05, 3.63) is 28.8 Å². The fourth-order valence-electron chi connectivity index (χ4n) is 2.08. The van der Waals surface area contributed by atoms with E-state index in [0.29, 0.717) is 5.11 Å². The summed E-state index contributed by atoms with van der Waals surface area (Å²) in [6.07, 6.45) is 0.975. The molecule has 1 rings (SSSR count). The van der Waals surface area contributed by atoms with Crippen LogP contribution in [0.2, 0.25) is 0 Å². The Morgan fingerprint density at radius 1 is 1.14 bits per heavy atom. The molecule has 0 unspecified atom stereocenters. The molecular formula is C15H24N4OS. The Balaban J connectivity index is 2.42. The van der Waals surface area contributed by atoms with Crippen LogP contribution in [0, 0.1) is 20.8 Å². The molecular weight excluding hydrogens is 284 g/mol. The number of aryl methyl sites for hydroxylation is 3. The summed E-state index contributed by atoms with van der Waals surface area (Å²) in [7, 11) is 0. The minimum atomic E-state index is -0.171. The summed E-state index contributed by atoms with van der Waals surface area (Å²) in [6, 6.07) is 4.19. The van der Waals surface area contributed by atoms with Crippen LogP contribution in [-0.2, 0) is 4.79 Å². The number of thiocarbonyl (C=S) groups is 1. The predicted molar refractivity (Wildman–Crippen MR) is 91.3 cm³/mol. The highest BCUT2D eigenvalue weighted by atomic mass is 32.1. The summed E-state index contributed by atoms with van der Waals surface area (Å²) >= 11 is 5.01. The molecule has 21 heavy (non-hydrogen) atoms. The Bertz CT molecular complexity index is 493. The van der Waals surface area contributed by atoms with Crippen LogP contribution >= 0.6 is 12.2 Å². The molecule has 116 valence electrons. The van der Waals surface area contributed by atoms with Gasteiger partial charge in [0, 0.05) is 12.2 Å². The molecule has 6 heteroatoms. The van der Waals surface area contributed by atoms with Crippen molar-refractivity contribution in [1.82, 2.24) is 16.2 Å². The van der Waals surface area contributed by atoms with E-state index in [0.717, 1.165) is 29.8 Å². The fraction of sp³-hybridized carbons (Fsp3) is 0.467. The molecule has 0 radical (unpaired) electrons. The Hall–Kier alpha value is -1.82. The van der Waals surface area contributed by atoms with Gasteiger partial charge in [0.05, 0.1) is 6.54 Å². The van der Waals surface area contributed by atoms with Crippen molar-refractivity contribution in [2.75, 3.05) is 18.4 Å². The molecule has 5 nitrogen and oxygen atoms in total. The second-order valence-electron chi connectivity index (χ2n) is 5.06. The average Bonchev–Trinajstić information content (AvgIpc) is 2.41. The van der Waals surface area contributed by atoms with Crippen molar-refractivity contribution in [1.29, 1.82) is 0 Å². The maximum atomic E-state index is 11.8. The molecule has 0 aliphatic heterocycles. The molecule has 1 aromatic rings. The van der Waals surface area contributed by atoms with E-state index in [-0.39, 0.29) is 12.5 Å². The average molecular weight is 308 g/mol. The largest absolute Gasteiger partial charge is 0.376 e. The lowest BCUT2D eigenvalue weighted by Crippen LogP contribution is -2.48. The number of hydrogen-bond acceptors (Lipinski definition) is 3. The zero-order valence-electron chi connectivity index (χ0n) is 13.1. The fourth-order valence-corrected chi connectivity index (χ4v) is 2.23. The molecule has 0 saturated heterocycles. The molecule has 1 amide bonds. The number of carbonyl (C=O) groups is 1. The zero-order valence-corrected chi connectivity index (χ0v) is 13.9. The van der Waals surface area contributed by atoms with Gasteiger partial charge in [-0.25, -0.2) is 0 Å². The second-order valence-corrected chi connectivity index (χ2v) is 5.46. The van der Waals surface area contributed by atoms with Crippen LogP contribution in [0.3, 0.4) is 0 Å². The normalized spacial score (nSPS) is 9.90. The number of anilines is 1. The number of carbonyl (C=O) groups excluding carboxylic acids is 1. The summed E-state index contributed by atoms with van der Waals surface area (Å²) in [5.74, 6) is -0.171. The number of hydrogen-bond donors (Lipinski definition) is 4. The highest BCUT2D eigenvalue weighted by Gasteiger charge is 2.06. The summed E-state index contributed by atoms with van der Waals surface area (Å²) in [5, 5.41) is 6.55. The number of amides is 1. The molecule has 1 aromatic carbocycles. The van der Waals surface area contributed by atoms with Crippen LogP contribution < -0.4 is 21.5 Å². The molecule has 4 N–H and O–H groups in total. The third-order valence-corrected chi connectivity index (χ3v) is 3.20. The Morgan fingerprint density at radius 3 is 2.33 bits per heavy atom. The Morgan fingerprint density at radius 2 is 1.76 bits per heavy atom. The zero-order chi connectivity index (χ0) is 15.8. The highest BCUT2D eigenvalue weighted by Crippen LogP contribution is 2.21. The van der Waals surface area contributed by atoms with Crippen LogP contribution in [0.25, 0.3) is 0 Å². The summed E-state index contributed by atoms with van der Waals surface area (Å²) < 4.78 is 0. The first-order chi connectivity index (χ1) is 9.93. The SMILES string of the molecule is CCCNC(=S)NNC(=O)CNc1c(C)cc(C)cc1C. The quantitative estimate of drug-likeness (QED) is 0.494. The monoisotopic (exact) mass is 308 g/mol. The van der Waals surface area contributed by atoms with Crippen molar-refractivity contribution in [2.45, 2.75) is 34.1 Å². The van der Waals surface area contributed by atoms with Crippen molar-refractivity contribution < 1.29 is 4.79 Å². The van der Waals surface area contributed by atoms with Crippen molar-refractivity contribution in [3.8, 4) is 0 Å². The van der Waals surface area contributed by atoms with Crippen molar-refractivity contribution >= 4 is 28.9 Å². The van der Waals surface area contributed by atoms with Gasteiger partial charge in [-0.15, -0.1) is 0 Å². The number of rotatable bonds is 5. The van der Waals surface area contributed by atoms with Crippen LogP contribution in [0.4, 0.5) is 5.69 Å². The number of hydrazine groups is 1. The van der Waals surface area contributed by atoms with E-state index >= 15 is 0 Å². The summed E-state index contributed by atoms with van der Waals surface area (Å²) in [6.45, 7) is 9.13. The predicted octanol–water partition coefficient (Wildman–Crippen LogP) is 1.93. The minimum Gasteiger partial charge on any atom is -0.376 e. The molecule has 0 spiro atoms. The first-order valence-electron chi connectivity index (χ1n) is 7.08. The Labute approximate surface area is 131 Å². The highest BCUT2D eigenvalue weighted by molar-refractivity contribution is 7.80. The first-order valence-corrected chi connectivity index (χ1v) is 7.49. The molecule has 0 aliphatic rings. The van der Waals surface area contributed by atoms with E-state index in [4.69, 9.17) is 12.2 Å². The van der Waals surface area contributed by atoms with Gasteiger partial charge in [0.25, 0.3) is 5.91 Å². The molecule has 0 atom stereocenters. The lowest BCUT2D eigenvalue weighted by Gasteiger charge is -2.15. The van der Waals surface area contributed by atoms with E-state index in [2.05, 4.69) is 40.5 Å². The van der Waals surface area contributed by atoms with Crippen molar-refractivity contribution in [2.24, 2.45) is 0 Å². The standard InChI is InChI=1S/C15H24N4OS/c1-5-6-16-15(21)19-18-13(20)9-17-14-11(3)7-10(2)8-12(14)4/h7-8,17H,5-6,9H2,1-4H3,(H,18,20)(H2,16,19,21). The molecule has 0 saturated carbocycles. The Kier molecular flexibility index (Phi) is 6.94. The van der Waals surface area contributed by atoms with Gasteiger partial charge in [-0.3, -0.25) is 15.6 Å². The van der Waals surface area contributed by atoms with E-state index in [9.17, 15) is 4.79 Å². The van der Waals surface area contributed by atoms with Gasteiger partial charge in [0.1, 0.15) is 0 Å². The molecule has 0 heterocycles. The lowest BCUT2D eigenvalue weighted by atomic mass is 10.1. The van der Waals surface area contributed by atoms with Gasteiger partial charge < -0.3 is 10.6 Å². The van der Waals surface area contributed by atoms with Gasteiger partial charge >= 0.3 is 0 Å². The third kappa shape index (κ3) is 5.99. The lowest BCUT2D eigenvalue weighted by molar-refractivity contribution is -0.119. The third-order valence-electron chi connectivity index (χ3n) is 2.95. The van der Waals surface area contributed by atoms with Gasteiger partial charge in [-0.2, -0.15) is 0 Å². The molecule has 0 bridgehead atoms. The smallest absolute Gasteiger partial charge is 0.257 e. The molecule has 0 fully saturated rings. The summed E-state index contributed by atoms with van der Waals surface area (Å²) in [4.78, 5) is 11.8. The molecule has 0 aromatic heterocycles. The summed E-state index contributed by atoms with van der Waals surface area (Å²) in [5.41, 5.74) is 9.71. The second kappa shape index (κ2) is 8.46. The van der Waals surface area contributed by atoms with Gasteiger partial charge in [-0.05, 0) is 50.5 Å². The van der Waals surface area contributed by atoms with Crippen molar-refractivity contribution in [3.63, 3.8) is 0 Å². The number of benzene rings is 1. The number of nitrogens with one attached hydrogen (secondary N) is 4. The van der Waals surface area contributed by atoms with Crippen LogP contribution in [0.15, 0.2) is 12.1 Å². The van der Waals surface area contributed by atoms with E-state index in [1.165, 1.54) is 5.56 Å².